The van der Waals surface area contributed by atoms with E-state index in [0.717, 1.165) is 0 Å². The average Bonchev–Trinajstić information content (AvgIpc) is 2.20. The largest absolute Gasteiger partial charge is 0.480 e. The summed E-state index contributed by atoms with van der Waals surface area (Å²) in [5.41, 5.74) is -0.00984. The van der Waals surface area contributed by atoms with Crippen molar-refractivity contribution >= 4 is 23.8 Å². The number of thioether (sulfide) groups is 1. The third-order valence-corrected chi connectivity index (χ3v) is 2.91. The first-order valence-corrected chi connectivity index (χ1v) is 7.30. The second-order valence-corrected chi connectivity index (χ2v) is 6.52. The Hall–Kier alpha value is -0.910. The molecule has 18 heavy (non-hydrogen) atoms. The lowest BCUT2D eigenvalue weighted by atomic mass is 9.96. The van der Waals surface area contributed by atoms with Gasteiger partial charge in [0, 0.05) is 13.6 Å². The minimum Gasteiger partial charge on any atom is -0.480 e. The van der Waals surface area contributed by atoms with Crippen LogP contribution < -0.4 is 5.32 Å². The highest BCUT2D eigenvalue weighted by atomic mass is 32.2. The van der Waals surface area contributed by atoms with Gasteiger partial charge >= 0.3 is 12.0 Å². The second kappa shape index (κ2) is 7.51. The predicted octanol–water partition coefficient (Wildman–Crippen LogP) is 1.88. The van der Waals surface area contributed by atoms with E-state index in [1.807, 2.05) is 27.0 Å². The SMILES string of the molecule is CSCC[C@@H](NC(=O)N(C)CC(C)(C)C)C(=O)O. The van der Waals surface area contributed by atoms with Gasteiger partial charge in [-0.25, -0.2) is 9.59 Å². The zero-order valence-corrected chi connectivity index (χ0v) is 12.6. The van der Waals surface area contributed by atoms with Gasteiger partial charge in [-0.1, -0.05) is 20.8 Å². The highest BCUT2D eigenvalue weighted by molar-refractivity contribution is 7.98. The maximum absolute atomic E-state index is 11.8. The number of nitrogens with one attached hydrogen (secondary N) is 1. The number of carboxylic acids is 1. The Kier molecular flexibility index (Phi) is 7.13. The maximum Gasteiger partial charge on any atom is 0.326 e. The van der Waals surface area contributed by atoms with Crippen LogP contribution in [0.5, 0.6) is 0 Å². The first-order valence-electron chi connectivity index (χ1n) is 5.90. The zero-order chi connectivity index (χ0) is 14.3. The molecule has 2 amide bonds. The second-order valence-electron chi connectivity index (χ2n) is 5.54. The molecule has 0 unspecified atom stereocenters. The van der Waals surface area contributed by atoms with Crippen LogP contribution in [0.2, 0.25) is 0 Å². The van der Waals surface area contributed by atoms with Crippen LogP contribution in [0, 0.1) is 5.41 Å². The van der Waals surface area contributed by atoms with E-state index in [2.05, 4.69) is 5.32 Å². The van der Waals surface area contributed by atoms with Crippen LogP contribution in [-0.2, 0) is 4.79 Å². The lowest BCUT2D eigenvalue weighted by molar-refractivity contribution is -0.139. The Balaban J connectivity index is 4.36. The molecule has 0 saturated carbocycles. The van der Waals surface area contributed by atoms with E-state index < -0.39 is 12.0 Å². The van der Waals surface area contributed by atoms with Gasteiger partial charge in [-0.3, -0.25) is 0 Å². The van der Waals surface area contributed by atoms with Gasteiger partial charge in [-0.05, 0) is 23.8 Å². The third kappa shape index (κ3) is 7.42. The molecule has 1 atom stereocenters. The lowest BCUT2D eigenvalue weighted by Crippen LogP contribution is -2.48. The van der Waals surface area contributed by atoms with E-state index >= 15 is 0 Å². The fourth-order valence-electron chi connectivity index (χ4n) is 1.54. The normalized spacial score (nSPS) is 12.9. The standard InChI is InChI=1S/C12H24N2O3S/c1-12(2,3)8-14(4)11(17)13-9(10(15)16)6-7-18-5/h9H,6-8H2,1-5H3,(H,13,17)(H,15,16)/t9-/m1/s1. The zero-order valence-electron chi connectivity index (χ0n) is 11.8. The van der Waals surface area contributed by atoms with Crippen LogP contribution in [0.1, 0.15) is 27.2 Å². The first kappa shape index (κ1) is 17.1. The molecule has 0 radical (unpaired) electrons. The molecule has 0 rings (SSSR count). The van der Waals surface area contributed by atoms with Crippen molar-refractivity contribution in [2.75, 3.05) is 25.6 Å². The Morgan fingerprint density at radius 2 is 1.94 bits per heavy atom. The third-order valence-electron chi connectivity index (χ3n) is 2.26. The highest BCUT2D eigenvalue weighted by Crippen LogP contribution is 2.14. The molecule has 6 heteroatoms. The summed E-state index contributed by atoms with van der Waals surface area (Å²) in [7, 11) is 1.67. The molecular weight excluding hydrogens is 252 g/mol. The van der Waals surface area contributed by atoms with Crippen LogP contribution in [0.4, 0.5) is 4.79 Å². The van der Waals surface area contributed by atoms with Crippen LogP contribution in [0.15, 0.2) is 0 Å². The summed E-state index contributed by atoms with van der Waals surface area (Å²) in [6.07, 6.45) is 2.35. The number of carbonyl (C=O) groups is 2. The molecule has 0 aromatic rings. The van der Waals surface area contributed by atoms with Crippen molar-refractivity contribution in [3.63, 3.8) is 0 Å². The summed E-state index contributed by atoms with van der Waals surface area (Å²) in [6, 6.07) is -1.15. The van der Waals surface area contributed by atoms with Crippen molar-refractivity contribution in [2.24, 2.45) is 5.41 Å². The molecule has 2 N–H and O–H groups in total. The van der Waals surface area contributed by atoms with Gasteiger partial charge in [0.1, 0.15) is 6.04 Å². The van der Waals surface area contributed by atoms with Gasteiger partial charge in [-0.2, -0.15) is 11.8 Å². The topological polar surface area (TPSA) is 69.6 Å². The van der Waals surface area contributed by atoms with Crippen molar-refractivity contribution in [3.05, 3.63) is 0 Å². The quantitative estimate of drug-likeness (QED) is 0.777. The number of urea groups is 1. The molecule has 106 valence electrons. The minimum absolute atomic E-state index is 0.00984. The van der Waals surface area contributed by atoms with Crippen molar-refractivity contribution in [1.82, 2.24) is 10.2 Å². The smallest absolute Gasteiger partial charge is 0.326 e. The van der Waals surface area contributed by atoms with Crippen LogP contribution >= 0.6 is 11.8 Å². The number of carbonyl (C=O) groups excluding carboxylic acids is 1. The fraction of sp³-hybridized carbons (Fsp3) is 0.833. The number of nitrogens with zero attached hydrogens (tertiary/aromatic N) is 1. The van der Waals surface area contributed by atoms with E-state index in [4.69, 9.17) is 5.11 Å². The molecule has 0 saturated heterocycles. The Labute approximate surface area is 113 Å². The molecule has 0 aromatic carbocycles. The Bertz CT molecular complexity index is 290. The summed E-state index contributed by atoms with van der Waals surface area (Å²) in [5, 5.41) is 11.6. The number of hydrogen-bond donors (Lipinski definition) is 2. The number of hydrogen-bond acceptors (Lipinski definition) is 3. The van der Waals surface area contributed by atoms with Crippen LogP contribution in [0.25, 0.3) is 0 Å². The summed E-state index contributed by atoms with van der Waals surface area (Å²) in [6.45, 7) is 6.66. The van der Waals surface area contributed by atoms with Crippen LogP contribution in [0.3, 0.4) is 0 Å². The summed E-state index contributed by atoms with van der Waals surface area (Å²) < 4.78 is 0. The van der Waals surface area contributed by atoms with Gasteiger partial charge in [-0.15, -0.1) is 0 Å². The van der Waals surface area contributed by atoms with Crippen LogP contribution in [-0.4, -0.2) is 53.6 Å². The van der Waals surface area contributed by atoms with Crippen molar-refractivity contribution < 1.29 is 14.7 Å². The van der Waals surface area contributed by atoms with E-state index in [9.17, 15) is 9.59 Å². The first-order chi connectivity index (χ1) is 8.17. The van der Waals surface area contributed by atoms with Gasteiger partial charge in [0.05, 0.1) is 0 Å². The molecule has 0 spiro atoms. The van der Waals surface area contributed by atoms with E-state index in [-0.39, 0.29) is 11.4 Å². The Morgan fingerprint density at radius 3 is 2.33 bits per heavy atom. The molecule has 0 bridgehead atoms. The monoisotopic (exact) mass is 276 g/mol. The minimum atomic E-state index is -0.985. The summed E-state index contributed by atoms with van der Waals surface area (Å²) in [4.78, 5) is 24.4. The predicted molar refractivity (Wildman–Crippen MR) is 75.0 cm³/mol. The number of carboxylic acid groups (broad SMARTS) is 1. The van der Waals surface area contributed by atoms with Gasteiger partial charge in [0.15, 0.2) is 0 Å². The van der Waals surface area contributed by atoms with Gasteiger partial charge in [0.25, 0.3) is 0 Å². The average molecular weight is 276 g/mol. The molecule has 0 fully saturated rings. The molecule has 0 heterocycles. The van der Waals surface area contributed by atoms with Crippen molar-refractivity contribution in [2.45, 2.75) is 33.2 Å². The molecule has 0 aliphatic heterocycles. The number of aliphatic carboxylic acids is 1. The lowest BCUT2D eigenvalue weighted by Gasteiger charge is -2.28. The number of rotatable bonds is 6. The van der Waals surface area contributed by atoms with Gasteiger partial charge in [0.2, 0.25) is 0 Å². The fourth-order valence-corrected chi connectivity index (χ4v) is 2.01. The molecule has 0 aromatic heterocycles. The summed E-state index contributed by atoms with van der Waals surface area (Å²) >= 11 is 1.56. The molecule has 0 aliphatic rings. The van der Waals surface area contributed by atoms with E-state index in [1.54, 1.807) is 18.8 Å². The summed E-state index contributed by atoms with van der Waals surface area (Å²) in [5.74, 6) is -0.276. The van der Waals surface area contributed by atoms with Crippen molar-refractivity contribution in [3.8, 4) is 0 Å². The van der Waals surface area contributed by atoms with Crippen molar-refractivity contribution in [1.29, 1.82) is 0 Å². The number of amides is 2. The van der Waals surface area contributed by atoms with Gasteiger partial charge < -0.3 is 15.3 Å². The van der Waals surface area contributed by atoms with E-state index in [0.29, 0.717) is 18.7 Å². The Morgan fingerprint density at radius 1 is 1.39 bits per heavy atom. The molecule has 0 aliphatic carbocycles. The highest BCUT2D eigenvalue weighted by Gasteiger charge is 2.23. The molecule has 5 nitrogen and oxygen atoms in total. The van der Waals surface area contributed by atoms with E-state index in [1.165, 1.54) is 4.90 Å². The maximum atomic E-state index is 11.8. The molecular formula is C12H24N2O3S.